The third-order valence-electron chi connectivity index (χ3n) is 7.45. The van der Waals surface area contributed by atoms with Crippen molar-refractivity contribution in [1.29, 1.82) is 0 Å². The van der Waals surface area contributed by atoms with Crippen LogP contribution in [0.5, 0.6) is 0 Å². The monoisotopic (exact) mass is 540 g/mol. The molecule has 3 fully saturated rings. The summed E-state index contributed by atoms with van der Waals surface area (Å²) in [6.45, 7) is 10.2. The van der Waals surface area contributed by atoms with Crippen LogP contribution in [0, 0.1) is 5.41 Å². The number of hydrogen-bond acceptors (Lipinski definition) is 8. The van der Waals surface area contributed by atoms with Crippen LogP contribution in [0.3, 0.4) is 0 Å². The summed E-state index contributed by atoms with van der Waals surface area (Å²) in [6, 6.07) is 8.31. The minimum Gasteiger partial charge on any atom is -0.339 e. The van der Waals surface area contributed by atoms with E-state index in [9.17, 15) is 14.4 Å². The number of amides is 3. The zero-order chi connectivity index (χ0) is 28.6. The molecule has 11 nitrogen and oxygen atoms in total. The summed E-state index contributed by atoms with van der Waals surface area (Å²) in [7, 11) is 3.63. The van der Waals surface area contributed by atoms with Gasteiger partial charge in [-0.1, -0.05) is 12.1 Å². The average Bonchev–Trinajstić information content (AvgIpc) is 2.87. The molecule has 1 spiro atoms. The first kappa shape index (κ1) is 30.4. The Bertz CT molecular complexity index is 1030. The Morgan fingerprint density at radius 3 is 2.26 bits per heavy atom. The van der Waals surface area contributed by atoms with Gasteiger partial charge in [0.1, 0.15) is 5.84 Å². The Morgan fingerprint density at radius 2 is 1.77 bits per heavy atom. The number of nitrogens with one attached hydrogen (secondary N) is 1. The highest BCUT2D eigenvalue weighted by atomic mass is 16.2. The van der Waals surface area contributed by atoms with E-state index in [1.165, 1.54) is 10.5 Å². The van der Waals surface area contributed by atoms with Gasteiger partial charge in [0.2, 0.25) is 18.7 Å². The van der Waals surface area contributed by atoms with Gasteiger partial charge in [0.25, 0.3) is 0 Å². The Hall–Kier alpha value is -3.12. The van der Waals surface area contributed by atoms with Crippen molar-refractivity contribution in [1.82, 2.24) is 20.0 Å². The number of amidine groups is 1. The van der Waals surface area contributed by atoms with E-state index in [0.29, 0.717) is 23.7 Å². The fraction of sp³-hybridized carbons (Fsp3) is 0.571. The zero-order valence-electron chi connectivity index (χ0n) is 23.7. The second-order valence-electron chi connectivity index (χ2n) is 11.5. The van der Waals surface area contributed by atoms with Crippen LogP contribution < -0.4 is 21.7 Å². The largest absolute Gasteiger partial charge is 0.339 e. The second-order valence-corrected chi connectivity index (χ2v) is 11.5. The fourth-order valence-corrected chi connectivity index (χ4v) is 5.35. The van der Waals surface area contributed by atoms with E-state index in [2.05, 4.69) is 27.2 Å². The SMILES string of the molecule is CN1CCN(C(=O)C(C)(C)N)CC1.CN=C(/C=C\N(C=O)c1ccc(CN2CC3(CC(N)C3)C2)cc1)NC=O. The number of likely N-dealkylation sites (tertiary alicyclic amines) is 1. The Morgan fingerprint density at radius 1 is 1.15 bits per heavy atom. The van der Waals surface area contributed by atoms with Crippen molar-refractivity contribution in [2.45, 2.75) is 44.8 Å². The predicted molar refractivity (Wildman–Crippen MR) is 154 cm³/mol. The molecule has 0 aromatic heterocycles. The quantitative estimate of drug-likeness (QED) is 0.246. The summed E-state index contributed by atoms with van der Waals surface area (Å²) in [5, 5.41) is 2.45. The lowest BCUT2D eigenvalue weighted by Crippen LogP contribution is -2.64. The molecule has 0 atom stereocenters. The van der Waals surface area contributed by atoms with Crippen molar-refractivity contribution >= 4 is 30.3 Å². The van der Waals surface area contributed by atoms with Crippen molar-refractivity contribution in [2.24, 2.45) is 21.9 Å². The van der Waals surface area contributed by atoms with E-state index < -0.39 is 5.54 Å². The number of piperazine rings is 1. The summed E-state index contributed by atoms with van der Waals surface area (Å²) in [4.78, 5) is 45.4. The second kappa shape index (κ2) is 13.3. The smallest absolute Gasteiger partial charge is 0.242 e. The van der Waals surface area contributed by atoms with Gasteiger partial charge in [-0.15, -0.1) is 0 Å². The molecular formula is C28H44N8O3. The van der Waals surface area contributed by atoms with E-state index in [0.717, 1.165) is 70.8 Å². The Balaban J connectivity index is 0.000000272. The normalized spacial score (nSPS) is 20.1. The molecule has 214 valence electrons. The number of nitrogens with zero attached hydrogens (tertiary/aromatic N) is 5. The van der Waals surface area contributed by atoms with Crippen LogP contribution >= 0.6 is 0 Å². The lowest BCUT2D eigenvalue weighted by molar-refractivity contribution is -0.137. The minimum atomic E-state index is -0.726. The van der Waals surface area contributed by atoms with Crippen molar-refractivity contribution in [3.05, 3.63) is 42.1 Å². The molecule has 11 heteroatoms. The number of benzene rings is 1. The summed E-state index contributed by atoms with van der Waals surface area (Å²) in [5.41, 5.74) is 13.4. The molecule has 0 unspecified atom stereocenters. The van der Waals surface area contributed by atoms with E-state index in [4.69, 9.17) is 11.5 Å². The van der Waals surface area contributed by atoms with E-state index >= 15 is 0 Å². The van der Waals surface area contributed by atoms with Crippen LogP contribution in [0.25, 0.3) is 0 Å². The molecule has 0 radical (unpaired) electrons. The standard InChI is InChI=1S/C19H25N5O2.C9H19N3O/c1-21-18(22-13-25)6-7-24(14-26)17-4-2-15(3-5-17)10-23-11-19(12-23)8-16(20)9-19;1-9(2,10)8(13)12-6-4-11(3)5-7-12/h2-7,13-14,16H,8-12,20H2,1H3,(H,21,22,25);4-7,10H2,1-3H3/b7-6-;. The first-order valence-corrected chi connectivity index (χ1v) is 13.4. The number of likely N-dealkylation sites (N-methyl/N-ethyl adjacent to an activating group) is 1. The molecule has 3 amide bonds. The number of anilines is 1. The molecule has 2 saturated heterocycles. The highest BCUT2D eigenvalue weighted by Crippen LogP contribution is 2.47. The fourth-order valence-electron chi connectivity index (χ4n) is 5.35. The molecule has 4 rings (SSSR count). The van der Waals surface area contributed by atoms with Crippen LogP contribution in [0.4, 0.5) is 5.69 Å². The third kappa shape index (κ3) is 8.43. The minimum absolute atomic E-state index is 0.0561. The molecule has 0 bridgehead atoms. The molecule has 2 aliphatic heterocycles. The van der Waals surface area contributed by atoms with Crippen LogP contribution in [-0.2, 0) is 20.9 Å². The molecule has 2 heterocycles. The number of aliphatic imine (C=N–C) groups is 1. The summed E-state index contributed by atoms with van der Waals surface area (Å²) < 4.78 is 0. The van der Waals surface area contributed by atoms with Gasteiger partial charge in [0, 0.05) is 70.8 Å². The van der Waals surface area contributed by atoms with Gasteiger partial charge in [0.05, 0.1) is 5.54 Å². The lowest BCUT2D eigenvalue weighted by Gasteiger charge is -2.58. The van der Waals surface area contributed by atoms with Crippen LogP contribution in [-0.4, -0.2) is 104 Å². The molecule has 39 heavy (non-hydrogen) atoms. The van der Waals surface area contributed by atoms with E-state index in [1.807, 2.05) is 29.2 Å². The number of hydrogen-bond donors (Lipinski definition) is 3. The number of carbonyl (C=O) groups is 3. The molecule has 1 aromatic rings. The summed E-state index contributed by atoms with van der Waals surface area (Å²) >= 11 is 0. The van der Waals surface area contributed by atoms with E-state index in [1.54, 1.807) is 33.2 Å². The number of nitrogens with two attached hydrogens (primary N) is 2. The number of rotatable bonds is 8. The summed E-state index contributed by atoms with van der Waals surface area (Å²) in [6.07, 6.45) is 6.72. The lowest BCUT2D eigenvalue weighted by atomic mass is 9.61. The first-order chi connectivity index (χ1) is 18.5. The van der Waals surface area contributed by atoms with Gasteiger partial charge in [-0.25, -0.2) is 0 Å². The highest BCUT2D eigenvalue weighted by Gasteiger charge is 2.50. The highest BCUT2D eigenvalue weighted by molar-refractivity contribution is 5.99. The van der Waals surface area contributed by atoms with Gasteiger partial charge >= 0.3 is 0 Å². The Labute approximate surface area is 231 Å². The van der Waals surface area contributed by atoms with Gasteiger partial charge in [0.15, 0.2) is 0 Å². The maximum atomic E-state index is 11.7. The molecule has 5 N–H and O–H groups in total. The van der Waals surface area contributed by atoms with E-state index in [-0.39, 0.29) is 5.91 Å². The predicted octanol–water partition coefficient (Wildman–Crippen LogP) is 0.358. The first-order valence-electron chi connectivity index (χ1n) is 13.4. The van der Waals surface area contributed by atoms with Crippen LogP contribution in [0.1, 0.15) is 32.3 Å². The summed E-state index contributed by atoms with van der Waals surface area (Å²) in [5.74, 6) is 0.437. The van der Waals surface area contributed by atoms with Gasteiger partial charge in [-0.05, 0) is 62.9 Å². The van der Waals surface area contributed by atoms with Gasteiger partial charge < -0.3 is 26.6 Å². The van der Waals surface area contributed by atoms with Crippen LogP contribution in [0.2, 0.25) is 0 Å². The number of carbonyl (C=O) groups excluding carboxylic acids is 3. The maximum Gasteiger partial charge on any atom is 0.242 e. The topological polar surface area (TPSA) is 141 Å². The van der Waals surface area contributed by atoms with Crippen LogP contribution in [0.15, 0.2) is 41.5 Å². The van der Waals surface area contributed by atoms with Crippen molar-refractivity contribution < 1.29 is 14.4 Å². The molecule has 3 aliphatic rings. The zero-order valence-corrected chi connectivity index (χ0v) is 23.7. The molecule has 1 aliphatic carbocycles. The molecular weight excluding hydrogens is 496 g/mol. The van der Waals surface area contributed by atoms with Gasteiger partial charge in [-0.2, -0.15) is 0 Å². The average molecular weight is 541 g/mol. The van der Waals surface area contributed by atoms with Crippen molar-refractivity contribution in [3.63, 3.8) is 0 Å². The Kier molecular flexibility index (Phi) is 10.4. The maximum absolute atomic E-state index is 11.7. The van der Waals surface area contributed by atoms with Crippen molar-refractivity contribution in [2.75, 3.05) is 58.3 Å². The molecule has 1 saturated carbocycles. The van der Waals surface area contributed by atoms with Gasteiger partial charge in [-0.3, -0.25) is 29.2 Å². The molecule has 1 aromatic carbocycles. The van der Waals surface area contributed by atoms with Crippen molar-refractivity contribution in [3.8, 4) is 0 Å². The third-order valence-corrected chi connectivity index (χ3v) is 7.45.